The molecular formula is C10H19NO2. The predicted octanol–water partition coefficient (Wildman–Crippen LogP) is 1.97. The quantitative estimate of drug-likeness (QED) is 0.345. The van der Waals surface area contributed by atoms with E-state index in [4.69, 9.17) is 4.84 Å². The normalized spacial score (nSPS) is 25.7. The summed E-state index contributed by atoms with van der Waals surface area (Å²) in [6.07, 6.45) is 5.20. The maximum atomic E-state index is 10.6. The summed E-state index contributed by atoms with van der Waals surface area (Å²) >= 11 is 0. The minimum Gasteiger partial charge on any atom is -0.276 e. The number of unbranched alkanes of at least 4 members (excludes halogenated alkanes) is 1. The summed E-state index contributed by atoms with van der Waals surface area (Å²) in [6, 6.07) is 0.361. The van der Waals surface area contributed by atoms with Gasteiger partial charge in [-0.2, -0.15) is 0 Å². The van der Waals surface area contributed by atoms with E-state index < -0.39 is 0 Å². The van der Waals surface area contributed by atoms with Crippen LogP contribution in [0.25, 0.3) is 0 Å². The molecule has 0 aromatic carbocycles. The Morgan fingerprint density at radius 3 is 2.77 bits per heavy atom. The van der Waals surface area contributed by atoms with Crippen LogP contribution in [-0.4, -0.2) is 24.1 Å². The fraction of sp³-hybridized carbons (Fsp3) is 0.900. The zero-order chi connectivity index (χ0) is 9.68. The molecule has 0 spiro atoms. The van der Waals surface area contributed by atoms with Crippen molar-refractivity contribution in [2.24, 2.45) is 5.92 Å². The lowest BCUT2D eigenvalue weighted by atomic mass is 10.3. The fourth-order valence-corrected chi connectivity index (χ4v) is 1.50. The molecule has 76 valence electrons. The van der Waals surface area contributed by atoms with E-state index in [2.05, 4.69) is 13.8 Å². The number of carbonyl (C=O) groups is 1. The first kappa shape index (κ1) is 10.5. The van der Waals surface area contributed by atoms with Gasteiger partial charge in [-0.3, -0.25) is 9.63 Å². The van der Waals surface area contributed by atoms with Crippen LogP contribution in [0.1, 0.15) is 39.5 Å². The summed E-state index contributed by atoms with van der Waals surface area (Å²) in [4.78, 5) is 16.0. The molecular weight excluding hydrogens is 166 g/mol. The standard InChI is InChI=1S/C10H19NO2/c1-3-5-6-13-11(8-12)10-7-9(10)4-2/h8-10H,3-7H2,1-2H3. The number of hydrogen-bond acceptors (Lipinski definition) is 2. The van der Waals surface area contributed by atoms with Crippen molar-refractivity contribution in [3.05, 3.63) is 0 Å². The summed E-state index contributed by atoms with van der Waals surface area (Å²) in [6.45, 7) is 4.93. The first-order chi connectivity index (χ1) is 6.33. The van der Waals surface area contributed by atoms with E-state index in [0.717, 1.165) is 32.1 Å². The Morgan fingerprint density at radius 2 is 2.31 bits per heavy atom. The highest BCUT2D eigenvalue weighted by atomic mass is 16.7. The Kier molecular flexibility index (Phi) is 4.22. The van der Waals surface area contributed by atoms with Gasteiger partial charge in [-0.1, -0.05) is 26.7 Å². The number of hydrogen-bond donors (Lipinski definition) is 0. The lowest BCUT2D eigenvalue weighted by molar-refractivity contribution is -0.177. The monoisotopic (exact) mass is 185 g/mol. The number of nitrogens with zero attached hydrogens (tertiary/aromatic N) is 1. The lowest BCUT2D eigenvalue weighted by Gasteiger charge is -2.16. The van der Waals surface area contributed by atoms with Crippen LogP contribution >= 0.6 is 0 Å². The minimum atomic E-state index is 0.361. The van der Waals surface area contributed by atoms with Gasteiger partial charge in [0.15, 0.2) is 0 Å². The molecule has 1 aliphatic carbocycles. The summed E-state index contributed by atoms with van der Waals surface area (Å²) in [7, 11) is 0. The van der Waals surface area contributed by atoms with Crippen molar-refractivity contribution in [2.75, 3.05) is 6.61 Å². The van der Waals surface area contributed by atoms with Crippen LogP contribution in [0.15, 0.2) is 0 Å². The summed E-state index contributed by atoms with van der Waals surface area (Å²) in [5.41, 5.74) is 0. The van der Waals surface area contributed by atoms with Gasteiger partial charge in [0.2, 0.25) is 6.41 Å². The van der Waals surface area contributed by atoms with Crippen molar-refractivity contribution in [1.29, 1.82) is 0 Å². The molecule has 13 heavy (non-hydrogen) atoms. The highest BCUT2D eigenvalue weighted by Crippen LogP contribution is 2.37. The third kappa shape index (κ3) is 2.99. The predicted molar refractivity (Wildman–Crippen MR) is 50.9 cm³/mol. The molecule has 2 unspecified atom stereocenters. The second kappa shape index (κ2) is 5.22. The molecule has 0 heterocycles. The molecule has 1 amide bonds. The minimum absolute atomic E-state index is 0.361. The van der Waals surface area contributed by atoms with Crippen molar-refractivity contribution in [3.8, 4) is 0 Å². The second-order valence-corrected chi connectivity index (χ2v) is 3.62. The molecule has 1 saturated carbocycles. The van der Waals surface area contributed by atoms with E-state index in [1.54, 1.807) is 0 Å². The van der Waals surface area contributed by atoms with Crippen LogP contribution in [0, 0.1) is 5.92 Å². The molecule has 2 atom stereocenters. The van der Waals surface area contributed by atoms with Crippen LogP contribution in [0.4, 0.5) is 0 Å². The van der Waals surface area contributed by atoms with E-state index in [1.807, 2.05) is 0 Å². The SMILES string of the molecule is CCCCON(C=O)C1CC1CC. The molecule has 3 heteroatoms. The number of hydroxylamine groups is 2. The first-order valence-electron chi connectivity index (χ1n) is 5.20. The van der Waals surface area contributed by atoms with Gasteiger partial charge in [0.25, 0.3) is 0 Å². The second-order valence-electron chi connectivity index (χ2n) is 3.62. The Hall–Kier alpha value is -0.570. The van der Waals surface area contributed by atoms with Gasteiger partial charge in [0.1, 0.15) is 0 Å². The van der Waals surface area contributed by atoms with E-state index >= 15 is 0 Å². The molecule has 1 fully saturated rings. The van der Waals surface area contributed by atoms with Crippen LogP contribution in [-0.2, 0) is 9.63 Å². The average molecular weight is 185 g/mol. The van der Waals surface area contributed by atoms with Crippen molar-refractivity contribution >= 4 is 6.41 Å². The Balaban J connectivity index is 2.16. The van der Waals surface area contributed by atoms with Crippen molar-refractivity contribution in [1.82, 2.24) is 5.06 Å². The van der Waals surface area contributed by atoms with Crippen molar-refractivity contribution in [2.45, 2.75) is 45.6 Å². The highest BCUT2D eigenvalue weighted by Gasteiger charge is 2.40. The highest BCUT2D eigenvalue weighted by molar-refractivity contribution is 5.46. The number of rotatable bonds is 7. The van der Waals surface area contributed by atoms with Gasteiger partial charge in [0, 0.05) is 0 Å². The van der Waals surface area contributed by atoms with Crippen molar-refractivity contribution < 1.29 is 9.63 Å². The molecule has 3 nitrogen and oxygen atoms in total. The van der Waals surface area contributed by atoms with Crippen LogP contribution in [0.5, 0.6) is 0 Å². The zero-order valence-corrected chi connectivity index (χ0v) is 8.53. The van der Waals surface area contributed by atoms with E-state index in [1.165, 1.54) is 5.06 Å². The van der Waals surface area contributed by atoms with Crippen LogP contribution in [0.3, 0.4) is 0 Å². The summed E-state index contributed by atoms with van der Waals surface area (Å²) < 4.78 is 0. The maximum Gasteiger partial charge on any atom is 0.233 e. The molecule has 1 rings (SSSR count). The summed E-state index contributed by atoms with van der Waals surface area (Å²) in [5, 5.41) is 1.50. The van der Waals surface area contributed by atoms with E-state index in [9.17, 15) is 4.79 Å². The van der Waals surface area contributed by atoms with E-state index in [-0.39, 0.29) is 0 Å². The number of amides is 1. The molecule has 0 N–H and O–H groups in total. The largest absolute Gasteiger partial charge is 0.276 e. The smallest absolute Gasteiger partial charge is 0.233 e. The fourth-order valence-electron chi connectivity index (χ4n) is 1.50. The molecule has 1 aliphatic rings. The van der Waals surface area contributed by atoms with Gasteiger partial charge in [-0.05, 0) is 18.8 Å². The molecule has 0 aromatic heterocycles. The third-order valence-electron chi connectivity index (χ3n) is 2.58. The van der Waals surface area contributed by atoms with Gasteiger partial charge in [-0.15, -0.1) is 0 Å². The molecule has 0 aromatic rings. The van der Waals surface area contributed by atoms with Crippen LogP contribution < -0.4 is 0 Å². The average Bonchev–Trinajstić information content (AvgIpc) is 2.92. The first-order valence-corrected chi connectivity index (χ1v) is 5.20. The summed E-state index contributed by atoms with van der Waals surface area (Å²) in [5.74, 6) is 0.673. The van der Waals surface area contributed by atoms with Crippen LogP contribution in [0.2, 0.25) is 0 Å². The third-order valence-corrected chi connectivity index (χ3v) is 2.58. The lowest BCUT2D eigenvalue weighted by Crippen LogP contribution is -2.26. The topological polar surface area (TPSA) is 29.5 Å². The Morgan fingerprint density at radius 1 is 1.54 bits per heavy atom. The van der Waals surface area contributed by atoms with Crippen molar-refractivity contribution in [3.63, 3.8) is 0 Å². The Bertz CT molecular complexity index is 161. The number of carbonyl (C=O) groups excluding carboxylic acids is 1. The molecule has 0 saturated heterocycles. The maximum absolute atomic E-state index is 10.6. The Labute approximate surface area is 80.0 Å². The molecule has 0 bridgehead atoms. The molecule has 0 aliphatic heterocycles. The van der Waals surface area contributed by atoms with Gasteiger partial charge >= 0.3 is 0 Å². The van der Waals surface area contributed by atoms with Gasteiger partial charge in [0.05, 0.1) is 12.6 Å². The van der Waals surface area contributed by atoms with Gasteiger partial charge in [-0.25, -0.2) is 5.06 Å². The van der Waals surface area contributed by atoms with Gasteiger partial charge < -0.3 is 0 Å². The zero-order valence-electron chi connectivity index (χ0n) is 8.53. The molecule has 0 radical (unpaired) electrons. The van der Waals surface area contributed by atoms with E-state index in [0.29, 0.717) is 18.6 Å².